The molecule has 3 amide bonds. The fraction of sp³-hybridized carbons (Fsp3) is 0.667. The average molecular weight is 524 g/mol. The van der Waals surface area contributed by atoms with Crippen molar-refractivity contribution in [2.24, 2.45) is 0 Å². The first kappa shape index (κ1) is 31.8. The summed E-state index contributed by atoms with van der Waals surface area (Å²) in [5.41, 5.74) is 1.04. The molecule has 3 atom stereocenters. The first-order valence-electron chi connectivity index (χ1n) is 12.8. The van der Waals surface area contributed by atoms with E-state index in [0.29, 0.717) is 17.7 Å². The van der Waals surface area contributed by atoms with Gasteiger partial charge >= 0.3 is 6.09 Å². The van der Waals surface area contributed by atoms with Crippen LogP contribution in [0.1, 0.15) is 78.0 Å². The van der Waals surface area contributed by atoms with Crippen molar-refractivity contribution in [2.45, 2.75) is 91.0 Å². The number of aliphatic hydroxyl groups excluding tert-OH is 1. The molecule has 0 saturated heterocycles. The van der Waals surface area contributed by atoms with Crippen molar-refractivity contribution in [2.75, 3.05) is 25.2 Å². The highest BCUT2D eigenvalue weighted by Crippen LogP contribution is 2.24. The summed E-state index contributed by atoms with van der Waals surface area (Å²) in [7, 11) is 0. The molecule has 3 unspecified atom stereocenters. The van der Waals surface area contributed by atoms with E-state index >= 15 is 0 Å². The molecule has 8 nitrogen and oxygen atoms in total. The third-order valence-corrected chi connectivity index (χ3v) is 6.24. The van der Waals surface area contributed by atoms with Crippen LogP contribution in [-0.2, 0) is 20.7 Å². The van der Waals surface area contributed by atoms with Gasteiger partial charge in [0, 0.05) is 12.6 Å². The van der Waals surface area contributed by atoms with Gasteiger partial charge in [0.2, 0.25) is 11.8 Å². The number of carbonyl (C=O) groups excluding carboxylic acids is 3. The van der Waals surface area contributed by atoms with Crippen LogP contribution in [-0.4, -0.2) is 70.8 Å². The topological polar surface area (TPSA) is 108 Å². The molecule has 1 aromatic carbocycles. The van der Waals surface area contributed by atoms with Crippen molar-refractivity contribution in [3.8, 4) is 0 Å². The average Bonchev–Trinajstić information content (AvgIpc) is 2.80. The van der Waals surface area contributed by atoms with Crippen molar-refractivity contribution in [1.82, 2.24) is 15.5 Å². The molecule has 0 aliphatic carbocycles. The number of carbonyl (C=O) groups is 3. The maximum atomic E-state index is 13.8. The number of thioether (sulfide) groups is 1. The van der Waals surface area contributed by atoms with Crippen LogP contribution in [0.4, 0.5) is 4.79 Å². The summed E-state index contributed by atoms with van der Waals surface area (Å²) in [4.78, 5) is 41.3. The van der Waals surface area contributed by atoms with Crippen molar-refractivity contribution in [1.29, 1.82) is 0 Å². The summed E-state index contributed by atoms with van der Waals surface area (Å²) in [5.74, 6) is -0.135. The third kappa shape index (κ3) is 10.8. The molecule has 1 rings (SSSR count). The van der Waals surface area contributed by atoms with Crippen LogP contribution in [0.25, 0.3) is 0 Å². The minimum atomic E-state index is -0.952. The largest absolute Gasteiger partial charge is 0.444 e. The van der Waals surface area contributed by atoms with E-state index in [0.717, 1.165) is 24.8 Å². The molecule has 0 fully saturated rings. The molecule has 0 bridgehead atoms. The minimum absolute atomic E-state index is 0.0552. The van der Waals surface area contributed by atoms with Crippen molar-refractivity contribution in [3.63, 3.8) is 0 Å². The van der Waals surface area contributed by atoms with Crippen molar-refractivity contribution in [3.05, 3.63) is 35.4 Å². The summed E-state index contributed by atoms with van der Waals surface area (Å²) in [6.45, 7) is 10.9. The number of nitrogens with one attached hydrogen (secondary N) is 2. The molecule has 0 aliphatic rings. The van der Waals surface area contributed by atoms with Gasteiger partial charge in [0.15, 0.2) is 0 Å². The standard InChI is InChI=1S/C27H45N3O5S/c1-8-10-19(3)28-24(32)23(21-13-11-20(9-2)12-14-21)30(16-17-31)25(33)22(15-18-36-7)29-26(34)35-27(4,5)6/h11-14,19,22-23,31H,8-10,15-18H2,1-7H3,(H,28,32)(H,29,34). The van der Waals surface area contributed by atoms with Gasteiger partial charge < -0.3 is 25.4 Å². The Kier molecular flexibility index (Phi) is 13.9. The van der Waals surface area contributed by atoms with E-state index in [4.69, 9.17) is 4.74 Å². The zero-order chi connectivity index (χ0) is 27.3. The maximum absolute atomic E-state index is 13.8. The van der Waals surface area contributed by atoms with Crippen LogP contribution in [0.5, 0.6) is 0 Å². The van der Waals surface area contributed by atoms with E-state index in [1.165, 1.54) is 4.90 Å². The molecule has 204 valence electrons. The molecule has 36 heavy (non-hydrogen) atoms. The van der Waals surface area contributed by atoms with Crippen molar-refractivity contribution >= 4 is 29.7 Å². The van der Waals surface area contributed by atoms with E-state index < -0.39 is 29.7 Å². The molecule has 0 heterocycles. The Labute approximate surface area is 220 Å². The Morgan fingerprint density at radius 1 is 1.08 bits per heavy atom. The summed E-state index contributed by atoms with van der Waals surface area (Å²) in [5, 5.41) is 15.6. The third-order valence-electron chi connectivity index (χ3n) is 5.60. The first-order chi connectivity index (χ1) is 17.0. The van der Waals surface area contributed by atoms with Gasteiger partial charge in [-0.3, -0.25) is 9.59 Å². The number of aliphatic hydroxyl groups is 1. The second-order valence-corrected chi connectivity index (χ2v) is 10.9. The van der Waals surface area contributed by atoms with Gasteiger partial charge in [-0.2, -0.15) is 11.8 Å². The van der Waals surface area contributed by atoms with Gasteiger partial charge in [-0.25, -0.2) is 4.79 Å². The monoisotopic (exact) mass is 523 g/mol. The molecule has 0 saturated carbocycles. The number of benzene rings is 1. The number of amides is 3. The van der Waals surface area contributed by atoms with Gasteiger partial charge in [-0.05, 0) is 70.1 Å². The predicted octanol–water partition coefficient (Wildman–Crippen LogP) is 4.06. The molecule has 0 aromatic heterocycles. The minimum Gasteiger partial charge on any atom is -0.444 e. The van der Waals surface area contributed by atoms with Gasteiger partial charge in [-0.1, -0.05) is 44.5 Å². The van der Waals surface area contributed by atoms with E-state index in [1.54, 1.807) is 32.5 Å². The second-order valence-electron chi connectivity index (χ2n) is 9.93. The Morgan fingerprint density at radius 3 is 2.22 bits per heavy atom. The SMILES string of the molecule is CCCC(C)NC(=O)C(c1ccc(CC)cc1)N(CCO)C(=O)C(CCSC)NC(=O)OC(C)(C)C. The van der Waals surface area contributed by atoms with Gasteiger partial charge in [0.25, 0.3) is 0 Å². The Morgan fingerprint density at radius 2 is 1.72 bits per heavy atom. The molecule has 3 N–H and O–H groups in total. The van der Waals surface area contributed by atoms with Gasteiger partial charge in [0.05, 0.1) is 6.61 Å². The van der Waals surface area contributed by atoms with Gasteiger partial charge in [-0.15, -0.1) is 0 Å². The van der Waals surface area contributed by atoms with E-state index in [-0.39, 0.29) is 25.1 Å². The highest BCUT2D eigenvalue weighted by atomic mass is 32.2. The fourth-order valence-corrected chi connectivity index (χ4v) is 4.32. The van der Waals surface area contributed by atoms with Crippen LogP contribution in [0.2, 0.25) is 0 Å². The molecule has 0 spiro atoms. The van der Waals surface area contributed by atoms with Crippen LogP contribution < -0.4 is 10.6 Å². The summed E-state index contributed by atoms with van der Waals surface area (Å²) in [6, 6.07) is 5.66. The first-order valence-corrected chi connectivity index (χ1v) is 14.2. The lowest BCUT2D eigenvalue weighted by Gasteiger charge is -2.34. The fourth-order valence-electron chi connectivity index (χ4n) is 3.85. The number of alkyl carbamates (subject to hydrolysis) is 1. The number of rotatable bonds is 14. The van der Waals surface area contributed by atoms with E-state index in [9.17, 15) is 19.5 Å². The summed E-state index contributed by atoms with van der Waals surface area (Å²) < 4.78 is 5.38. The van der Waals surface area contributed by atoms with Gasteiger partial charge in [0.1, 0.15) is 17.7 Å². The summed E-state index contributed by atoms with van der Waals surface area (Å²) in [6.07, 6.45) is 4.14. The molecule has 9 heteroatoms. The summed E-state index contributed by atoms with van der Waals surface area (Å²) >= 11 is 1.55. The Bertz CT molecular complexity index is 826. The zero-order valence-electron chi connectivity index (χ0n) is 22.9. The lowest BCUT2D eigenvalue weighted by Crippen LogP contribution is -2.54. The zero-order valence-corrected chi connectivity index (χ0v) is 23.7. The van der Waals surface area contributed by atoms with Crippen molar-refractivity contribution < 1.29 is 24.2 Å². The maximum Gasteiger partial charge on any atom is 0.408 e. The molecule has 0 radical (unpaired) electrons. The van der Waals surface area contributed by atoms with Crippen LogP contribution in [0.15, 0.2) is 24.3 Å². The van der Waals surface area contributed by atoms with Crippen LogP contribution in [0, 0.1) is 0 Å². The van der Waals surface area contributed by atoms with Crippen LogP contribution in [0.3, 0.4) is 0 Å². The Balaban J connectivity index is 3.40. The normalized spacial score (nSPS) is 13.9. The highest BCUT2D eigenvalue weighted by Gasteiger charge is 2.36. The molecular formula is C27H45N3O5S. The quantitative estimate of drug-likeness (QED) is 0.339. The highest BCUT2D eigenvalue weighted by molar-refractivity contribution is 7.98. The number of nitrogens with zero attached hydrogens (tertiary/aromatic N) is 1. The molecular weight excluding hydrogens is 478 g/mol. The number of hydrogen-bond acceptors (Lipinski definition) is 6. The number of aryl methyl sites for hydroxylation is 1. The second kappa shape index (κ2) is 15.8. The lowest BCUT2D eigenvalue weighted by molar-refractivity contribution is -0.143. The van der Waals surface area contributed by atoms with E-state index in [1.807, 2.05) is 51.3 Å². The lowest BCUT2D eigenvalue weighted by atomic mass is 9.99. The predicted molar refractivity (Wildman–Crippen MR) is 146 cm³/mol. The van der Waals surface area contributed by atoms with Crippen LogP contribution >= 0.6 is 11.8 Å². The molecule has 1 aromatic rings. The van der Waals surface area contributed by atoms with E-state index in [2.05, 4.69) is 10.6 Å². The molecule has 0 aliphatic heterocycles. The number of hydrogen-bond donors (Lipinski definition) is 3. The Hall–Kier alpha value is -2.26. The number of ether oxygens (including phenoxy) is 1. The smallest absolute Gasteiger partial charge is 0.408 e.